The summed E-state index contributed by atoms with van der Waals surface area (Å²) in [5.74, 6) is -0.157. The van der Waals surface area contributed by atoms with E-state index >= 15 is 0 Å². The molecule has 0 aliphatic rings. The number of carbonyl (C=O) groups excluding carboxylic acids is 1. The van der Waals surface area contributed by atoms with Gasteiger partial charge in [-0.2, -0.15) is 5.26 Å². The second-order valence-electron chi connectivity index (χ2n) is 2.34. The molecule has 0 spiro atoms. The second kappa shape index (κ2) is 4.51. The zero-order chi connectivity index (χ0) is 8.85. The lowest BCUT2D eigenvalue weighted by atomic mass is 10.1. The van der Waals surface area contributed by atoms with Crippen LogP contribution < -0.4 is 5.73 Å². The number of Topliss-reactive ketones (excluding diaryl/α,β-unsaturated/α-hetero) is 1. The predicted octanol–water partition coefficient (Wildman–Crippen LogP) is 1.11. The Morgan fingerprint density at radius 3 is 2.45 bits per heavy atom. The minimum Gasteiger partial charge on any atom is -0.401 e. The van der Waals surface area contributed by atoms with Gasteiger partial charge in [0.2, 0.25) is 0 Å². The van der Waals surface area contributed by atoms with E-state index in [4.69, 9.17) is 11.0 Å². The highest BCUT2D eigenvalue weighted by Crippen LogP contribution is 2.03. The van der Waals surface area contributed by atoms with Crippen molar-refractivity contribution < 1.29 is 4.79 Å². The van der Waals surface area contributed by atoms with Crippen LogP contribution in [0.3, 0.4) is 0 Å². The monoisotopic (exact) mass is 152 g/mol. The first-order chi connectivity index (χ1) is 5.13. The van der Waals surface area contributed by atoms with Crippen LogP contribution in [-0.4, -0.2) is 5.78 Å². The minimum atomic E-state index is -0.157. The largest absolute Gasteiger partial charge is 0.401 e. The number of rotatable bonds is 3. The maximum atomic E-state index is 11.1. The van der Waals surface area contributed by atoms with Crippen molar-refractivity contribution in [3.8, 4) is 6.07 Å². The van der Waals surface area contributed by atoms with Gasteiger partial charge in [0.1, 0.15) is 11.6 Å². The maximum absolute atomic E-state index is 11.1. The van der Waals surface area contributed by atoms with Crippen molar-refractivity contribution in [2.24, 2.45) is 5.73 Å². The zero-order valence-corrected chi connectivity index (χ0v) is 6.85. The number of carbonyl (C=O) groups is 1. The lowest BCUT2D eigenvalue weighted by Crippen LogP contribution is -2.07. The van der Waals surface area contributed by atoms with Gasteiger partial charge < -0.3 is 5.73 Å². The van der Waals surface area contributed by atoms with Crippen LogP contribution in [0.1, 0.15) is 26.7 Å². The van der Waals surface area contributed by atoms with Crippen LogP contribution in [0.4, 0.5) is 0 Å². The first kappa shape index (κ1) is 9.70. The van der Waals surface area contributed by atoms with Gasteiger partial charge >= 0.3 is 0 Å². The van der Waals surface area contributed by atoms with Gasteiger partial charge in [0.05, 0.1) is 0 Å². The predicted molar refractivity (Wildman–Crippen MR) is 42.4 cm³/mol. The van der Waals surface area contributed by atoms with E-state index < -0.39 is 0 Å². The molecule has 0 bridgehead atoms. The molecule has 0 heterocycles. The Labute approximate surface area is 66.5 Å². The summed E-state index contributed by atoms with van der Waals surface area (Å²) in [6.45, 7) is 3.45. The third-order valence-electron chi connectivity index (χ3n) is 1.26. The molecule has 0 atom stereocenters. The Morgan fingerprint density at radius 1 is 1.64 bits per heavy atom. The van der Waals surface area contributed by atoms with E-state index in [1.807, 2.05) is 6.92 Å². The fraction of sp³-hybridized carbons (Fsp3) is 0.500. The van der Waals surface area contributed by atoms with E-state index in [-0.39, 0.29) is 11.4 Å². The third kappa shape index (κ3) is 2.85. The SMILES string of the molecule is CCCC(=O)/C(C#N)=C(/C)N. The number of nitriles is 1. The summed E-state index contributed by atoms with van der Waals surface area (Å²) >= 11 is 0. The van der Waals surface area contributed by atoms with Gasteiger partial charge in [0.25, 0.3) is 0 Å². The van der Waals surface area contributed by atoms with Crippen molar-refractivity contribution >= 4 is 5.78 Å². The first-order valence-corrected chi connectivity index (χ1v) is 3.53. The summed E-state index contributed by atoms with van der Waals surface area (Å²) in [5.41, 5.74) is 5.73. The summed E-state index contributed by atoms with van der Waals surface area (Å²) in [6, 6.07) is 1.79. The molecular formula is C8H12N2O. The van der Waals surface area contributed by atoms with E-state index in [2.05, 4.69) is 0 Å². The Morgan fingerprint density at radius 2 is 2.18 bits per heavy atom. The smallest absolute Gasteiger partial charge is 0.175 e. The summed E-state index contributed by atoms with van der Waals surface area (Å²) in [7, 11) is 0. The Balaban J connectivity index is 4.45. The lowest BCUT2D eigenvalue weighted by molar-refractivity contribution is -0.115. The maximum Gasteiger partial charge on any atom is 0.175 e. The molecule has 0 aromatic rings. The van der Waals surface area contributed by atoms with Crippen molar-refractivity contribution in [3.63, 3.8) is 0 Å². The van der Waals surface area contributed by atoms with Crippen LogP contribution >= 0.6 is 0 Å². The summed E-state index contributed by atoms with van der Waals surface area (Å²) < 4.78 is 0. The molecule has 0 aromatic heterocycles. The molecule has 60 valence electrons. The lowest BCUT2D eigenvalue weighted by Gasteiger charge is -1.97. The summed E-state index contributed by atoms with van der Waals surface area (Å²) in [6.07, 6.45) is 1.15. The van der Waals surface area contributed by atoms with Crippen LogP contribution in [0.25, 0.3) is 0 Å². The van der Waals surface area contributed by atoms with Gasteiger partial charge in [-0.15, -0.1) is 0 Å². The Bertz CT molecular complexity index is 219. The van der Waals surface area contributed by atoms with Crippen molar-refractivity contribution in [1.82, 2.24) is 0 Å². The molecule has 0 aromatic carbocycles. The van der Waals surface area contributed by atoms with Crippen LogP contribution in [0.5, 0.6) is 0 Å². The molecule has 0 radical (unpaired) electrons. The Kier molecular flexibility index (Phi) is 3.97. The fourth-order valence-corrected chi connectivity index (χ4v) is 0.723. The molecule has 3 heteroatoms. The van der Waals surface area contributed by atoms with Gasteiger partial charge in [-0.1, -0.05) is 6.92 Å². The highest BCUT2D eigenvalue weighted by Gasteiger charge is 2.08. The third-order valence-corrected chi connectivity index (χ3v) is 1.26. The average Bonchev–Trinajstić information content (AvgIpc) is 1.88. The van der Waals surface area contributed by atoms with Gasteiger partial charge in [-0.05, 0) is 13.3 Å². The molecular weight excluding hydrogens is 140 g/mol. The van der Waals surface area contributed by atoms with Gasteiger partial charge in [-0.3, -0.25) is 4.79 Å². The van der Waals surface area contributed by atoms with Crippen molar-refractivity contribution in [2.75, 3.05) is 0 Å². The fourth-order valence-electron chi connectivity index (χ4n) is 0.723. The molecule has 3 nitrogen and oxygen atoms in total. The number of nitrogens with two attached hydrogens (primary N) is 1. The van der Waals surface area contributed by atoms with E-state index in [0.717, 1.165) is 6.42 Å². The number of hydrogen-bond donors (Lipinski definition) is 1. The molecule has 0 saturated carbocycles. The number of hydrogen-bond acceptors (Lipinski definition) is 3. The van der Waals surface area contributed by atoms with Crippen LogP contribution in [0.15, 0.2) is 11.3 Å². The van der Waals surface area contributed by atoms with Crippen LogP contribution in [0, 0.1) is 11.3 Å². The standard InChI is InChI=1S/C8H12N2O/c1-3-4-8(11)7(5-9)6(2)10/h3-4,10H2,1-2H3/b7-6-. The topological polar surface area (TPSA) is 66.9 Å². The van der Waals surface area contributed by atoms with Crippen molar-refractivity contribution in [1.29, 1.82) is 5.26 Å². The van der Waals surface area contributed by atoms with E-state index in [1.54, 1.807) is 13.0 Å². The summed E-state index contributed by atoms with van der Waals surface area (Å²) in [4.78, 5) is 11.1. The molecule has 0 aliphatic heterocycles. The molecule has 11 heavy (non-hydrogen) atoms. The molecule has 0 rings (SSSR count). The van der Waals surface area contributed by atoms with Crippen LogP contribution in [-0.2, 0) is 4.79 Å². The van der Waals surface area contributed by atoms with Crippen molar-refractivity contribution in [3.05, 3.63) is 11.3 Å². The zero-order valence-electron chi connectivity index (χ0n) is 6.85. The molecule has 0 fully saturated rings. The quantitative estimate of drug-likeness (QED) is 0.486. The first-order valence-electron chi connectivity index (χ1n) is 3.53. The van der Waals surface area contributed by atoms with Crippen LogP contribution in [0.2, 0.25) is 0 Å². The van der Waals surface area contributed by atoms with Gasteiger partial charge in [0.15, 0.2) is 5.78 Å². The normalized spacial score (nSPS) is 11.7. The molecule has 0 unspecified atom stereocenters. The highest BCUT2D eigenvalue weighted by molar-refractivity contribution is 5.99. The molecule has 0 saturated heterocycles. The summed E-state index contributed by atoms with van der Waals surface area (Å²) in [5, 5.41) is 8.48. The van der Waals surface area contributed by atoms with E-state index in [0.29, 0.717) is 12.1 Å². The number of allylic oxidation sites excluding steroid dienone is 2. The number of nitrogens with zero attached hydrogens (tertiary/aromatic N) is 1. The molecule has 0 aliphatic carbocycles. The Hall–Kier alpha value is -1.30. The van der Waals surface area contributed by atoms with Crippen molar-refractivity contribution in [2.45, 2.75) is 26.7 Å². The second-order valence-corrected chi connectivity index (χ2v) is 2.34. The average molecular weight is 152 g/mol. The van der Waals surface area contributed by atoms with Gasteiger partial charge in [-0.25, -0.2) is 0 Å². The molecule has 0 amide bonds. The number of ketones is 1. The molecule has 2 N–H and O–H groups in total. The van der Waals surface area contributed by atoms with E-state index in [9.17, 15) is 4.79 Å². The highest BCUT2D eigenvalue weighted by atomic mass is 16.1. The van der Waals surface area contributed by atoms with Gasteiger partial charge in [0, 0.05) is 12.1 Å². The minimum absolute atomic E-state index is 0.104. The van der Waals surface area contributed by atoms with E-state index in [1.165, 1.54) is 0 Å².